The molecule has 0 aliphatic heterocycles. The number of carbonyl (C=O) groups is 1. The first-order valence-corrected chi connectivity index (χ1v) is 10.9. The number of aromatic nitrogens is 1. The number of sulfonamides is 1. The van der Waals surface area contributed by atoms with Crippen LogP contribution < -0.4 is 14.8 Å². The van der Waals surface area contributed by atoms with Gasteiger partial charge in [0.1, 0.15) is 10.6 Å². The molecular weight excluding hydrogens is 426 g/mol. The Bertz CT molecular complexity index is 1140. The number of aryl methyl sites for hydroxylation is 1. The molecule has 0 saturated heterocycles. The van der Waals surface area contributed by atoms with Gasteiger partial charge in [-0.15, -0.1) is 0 Å². The highest BCUT2D eigenvalue weighted by molar-refractivity contribution is 7.92. The quantitative estimate of drug-likeness (QED) is 0.543. The molecular formula is C21H20ClN3O4S. The van der Waals surface area contributed by atoms with Gasteiger partial charge in [-0.25, -0.2) is 8.42 Å². The Hall–Kier alpha value is -3.10. The third-order valence-electron chi connectivity index (χ3n) is 4.22. The highest BCUT2D eigenvalue weighted by Gasteiger charge is 2.21. The van der Waals surface area contributed by atoms with Crippen molar-refractivity contribution < 1.29 is 17.9 Å². The van der Waals surface area contributed by atoms with Crippen LogP contribution in [0.3, 0.4) is 0 Å². The van der Waals surface area contributed by atoms with Gasteiger partial charge < -0.3 is 10.1 Å². The monoisotopic (exact) mass is 445 g/mol. The van der Waals surface area contributed by atoms with Gasteiger partial charge in [0.15, 0.2) is 0 Å². The Morgan fingerprint density at radius 3 is 2.63 bits per heavy atom. The molecule has 1 aromatic heterocycles. The molecule has 7 nitrogen and oxygen atoms in total. The van der Waals surface area contributed by atoms with Crippen molar-refractivity contribution in [1.82, 2.24) is 4.98 Å². The largest absolute Gasteiger partial charge is 0.495 e. The average Bonchev–Trinajstić information content (AvgIpc) is 2.74. The maximum Gasteiger partial charge on any atom is 0.265 e. The number of rotatable bonds is 8. The Kier molecular flexibility index (Phi) is 6.91. The first-order valence-electron chi connectivity index (χ1n) is 9.03. The van der Waals surface area contributed by atoms with Crippen molar-refractivity contribution in [2.75, 3.05) is 17.1 Å². The van der Waals surface area contributed by atoms with Gasteiger partial charge in [0.2, 0.25) is 5.91 Å². The van der Waals surface area contributed by atoms with Gasteiger partial charge in [0.05, 0.1) is 17.8 Å². The lowest BCUT2D eigenvalue weighted by atomic mass is 10.1. The zero-order chi connectivity index (χ0) is 21.6. The van der Waals surface area contributed by atoms with Crippen molar-refractivity contribution in [3.8, 4) is 5.75 Å². The fraction of sp³-hybridized carbons (Fsp3) is 0.143. The number of hydrogen-bond donors (Lipinski definition) is 2. The number of para-hydroxylation sites is 1. The maximum atomic E-state index is 12.9. The molecule has 0 unspecified atom stereocenters. The van der Waals surface area contributed by atoms with E-state index in [9.17, 15) is 13.2 Å². The zero-order valence-electron chi connectivity index (χ0n) is 16.1. The standard InChI is InChI=1S/C21H20ClN3O4S/c1-29-19-10-9-16(24-21(26)11-8-15-5-4-12-23-14-15)13-20(19)30(27,28)25-18-7-3-2-6-17(18)22/h2-7,9-10,12-14,25H,8,11H2,1H3,(H,24,26). The number of pyridine rings is 1. The predicted molar refractivity (Wildman–Crippen MR) is 116 cm³/mol. The van der Waals surface area contributed by atoms with Gasteiger partial charge in [-0.05, 0) is 48.4 Å². The van der Waals surface area contributed by atoms with Gasteiger partial charge in [-0.2, -0.15) is 0 Å². The first kappa shape index (κ1) is 21.6. The summed E-state index contributed by atoms with van der Waals surface area (Å²) in [6.45, 7) is 0. The van der Waals surface area contributed by atoms with Crippen LogP contribution in [0, 0.1) is 0 Å². The number of benzene rings is 2. The van der Waals surface area contributed by atoms with Crippen LogP contribution in [-0.4, -0.2) is 26.4 Å². The Balaban J connectivity index is 1.77. The summed E-state index contributed by atoms with van der Waals surface area (Å²) >= 11 is 6.06. The number of carbonyl (C=O) groups excluding carboxylic acids is 1. The van der Waals surface area contributed by atoms with Crippen molar-refractivity contribution in [2.45, 2.75) is 17.7 Å². The first-order chi connectivity index (χ1) is 14.4. The summed E-state index contributed by atoms with van der Waals surface area (Å²) in [6, 6.07) is 14.6. The number of ether oxygens (including phenoxy) is 1. The number of anilines is 2. The smallest absolute Gasteiger partial charge is 0.265 e. The van der Waals surface area contributed by atoms with Crippen molar-refractivity contribution in [3.63, 3.8) is 0 Å². The fourth-order valence-corrected chi connectivity index (χ4v) is 4.25. The molecule has 0 spiro atoms. The van der Waals surface area contributed by atoms with Crippen molar-refractivity contribution in [2.24, 2.45) is 0 Å². The van der Waals surface area contributed by atoms with E-state index in [2.05, 4.69) is 15.0 Å². The van der Waals surface area contributed by atoms with Crippen molar-refractivity contribution in [1.29, 1.82) is 0 Å². The number of nitrogens with one attached hydrogen (secondary N) is 2. The van der Waals surface area contributed by atoms with E-state index >= 15 is 0 Å². The van der Waals surface area contributed by atoms with E-state index in [0.29, 0.717) is 12.1 Å². The molecule has 0 saturated carbocycles. The molecule has 0 radical (unpaired) electrons. The van der Waals surface area contributed by atoms with Crippen LogP contribution in [-0.2, 0) is 21.2 Å². The highest BCUT2D eigenvalue weighted by Crippen LogP contribution is 2.30. The van der Waals surface area contributed by atoms with E-state index in [4.69, 9.17) is 16.3 Å². The van der Waals surface area contributed by atoms with E-state index < -0.39 is 10.0 Å². The van der Waals surface area contributed by atoms with Crippen LogP contribution in [0.4, 0.5) is 11.4 Å². The number of amides is 1. The molecule has 3 aromatic rings. The van der Waals surface area contributed by atoms with E-state index in [0.717, 1.165) is 5.56 Å². The van der Waals surface area contributed by atoms with Gasteiger partial charge in [0, 0.05) is 24.5 Å². The normalized spacial score (nSPS) is 11.0. The fourth-order valence-electron chi connectivity index (χ4n) is 2.74. The second kappa shape index (κ2) is 9.60. The number of methoxy groups -OCH3 is 1. The van der Waals surface area contributed by atoms with E-state index in [1.165, 1.54) is 19.2 Å². The summed E-state index contributed by atoms with van der Waals surface area (Å²) < 4.78 is 33.5. The number of halogens is 1. The summed E-state index contributed by atoms with van der Waals surface area (Å²) in [7, 11) is -2.64. The zero-order valence-corrected chi connectivity index (χ0v) is 17.7. The molecule has 1 amide bonds. The minimum absolute atomic E-state index is 0.116. The highest BCUT2D eigenvalue weighted by atomic mass is 35.5. The van der Waals surface area contributed by atoms with Gasteiger partial charge >= 0.3 is 0 Å². The molecule has 0 fully saturated rings. The molecule has 9 heteroatoms. The van der Waals surface area contributed by atoms with Crippen LogP contribution in [0.5, 0.6) is 5.75 Å². The lowest BCUT2D eigenvalue weighted by molar-refractivity contribution is -0.116. The lowest BCUT2D eigenvalue weighted by Crippen LogP contribution is -2.16. The number of nitrogens with zero attached hydrogens (tertiary/aromatic N) is 1. The predicted octanol–water partition coefficient (Wildman–Crippen LogP) is 4.12. The molecule has 0 aliphatic rings. The molecule has 1 heterocycles. The molecule has 3 rings (SSSR count). The number of hydrogen-bond acceptors (Lipinski definition) is 5. The SMILES string of the molecule is COc1ccc(NC(=O)CCc2cccnc2)cc1S(=O)(=O)Nc1ccccc1Cl. The van der Waals surface area contributed by atoms with Gasteiger partial charge in [-0.1, -0.05) is 29.8 Å². The third-order valence-corrected chi connectivity index (χ3v) is 5.93. The van der Waals surface area contributed by atoms with Crippen LogP contribution in [0.15, 0.2) is 71.9 Å². The summed E-state index contributed by atoms with van der Waals surface area (Å²) in [5.41, 5.74) is 1.52. The minimum Gasteiger partial charge on any atom is -0.495 e. The van der Waals surface area contributed by atoms with Crippen LogP contribution >= 0.6 is 11.6 Å². The van der Waals surface area contributed by atoms with E-state index in [1.807, 2.05) is 6.07 Å². The van der Waals surface area contributed by atoms with Gasteiger partial charge in [0.25, 0.3) is 10.0 Å². The van der Waals surface area contributed by atoms with Crippen LogP contribution in [0.25, 0.3) is 0 Å². The van der Waals surface area contributed by atoms with Crippen molar-refractivity contribution in [3.05, 3.63) is 77.6 Å². The molecule has 2 aromatic carbocycles. The Morgan fingerprint density at radius 1 is 1.13 bits per heavy atom. The van der Waals surface area contributed by atoms with E-state index in [1.54, 1.807) is 48.8 Å². The topological polar surface area (TPSA) is 97.4 Å². The maximum absolute atomic E-state index is 12.9. The molecule has 0 bridgehead atoms. The molecule has 2 N–H and O–H groups in total. The molecule has 156 valence electrons. The molecule has 0 atom stereocenters. The molecule has 30 heavy (non-hydrogen) atoms. The third kappa shape index (κ3) is 5.49. The second-order valence-electron chi connectivity index (χ2n) is 6.36. The summed E-state index contributed by atoms with van der Waals surface area (Å²) in [5, 5.41) is 2.98. The summed E-state index contributed by atoms with van der Waals surface area (Å²) in [4.78, 5) is 16.2. The molecule has 0 aliphatic carbocycles. The van der Waals surface area contributed by atoms with Crippen molar-refractivity contribution >= 4 is 38.9 Å². The van der Waals surface area contributed by atoms with Crippen LogP contribution in [0.1, 0.15) is 12.0 Å². The summed E-state index contributed by atoms with van der Waals surface area (Å²) in [5.74, 6) is -0.102. The lowest BCUT2D eigenvalue weighted by Gasteiger charge is -2.14. The Labute approximate surface area is 180 Å². The van der Waals surface area contributed by atoms with Crippen LogP contribution in [0.2, 0.25) is 5.02 Å². The van der Waals surface area contributed by atoms with E-state index in [-0.39, 0.29) is 33.7 Å². The Morgan fingerprint density at radius 2 is 1.93 bits per heavy atom. The second-order valence-corrected chi connectivity index (χ2v) is 8.42. The minimum atomic E-state index is -4.01. The summed E-state index contributed by atoms with van der Waals surface area (Å²) in [6.07, 6.45) is 4.12. The van der Waals surface area contributed by atoms with Gasteiger partial charge in [-0.3, -0.25) is 14.5 Å². The average molecular weight is 446 g/mol.